The highest BCUT2D eigenvalue weighted by Gasteiger charge is 2.21. The second-order valence-corrected chi connectivity index (χ2v) is 6.37. The highest BCUT2D eigenvalue weighted by atomic mass is 15.2. The minimum Gasteiger partial charge on any atom is -0.330 e. The first-order chi connectivity index (χ1) is 9.40. The normalized spacial score (nSPS) is 24.5. The van der Waals surface area contributed by atoms with Crippen LogP contribution in [0.1, 0.15) is 57.8 Å². The van der Waals surface area contributed by atoms with E-state index < -0.39 is 0 Å². The van der Waals surface area contributed by atoms with Gasteiger partial charge in [-0.15, -0.1) is 0 Å². The number of piperidine rings is 2. The first kappa shape index (κ1) is 15.3. The number of likely N-dealkylation sites (tertiary alicyclic amines) is 2. The smallest absolute Gasteiger partial charge is 0.0108 e. The van der Waals surface area contributed by atoms with Crippen LogP contribution in [-0.2, 0) is 0 Å². The number of hydrogen-bond acceptors (Lipinski definition) is 3. The lowest BCUT2D eigenvalue weighted by molar-refractivity contribution is 0.126. The fourth-order valence-corrected chi connectivity index (χ4v) is 3.66. The van der Waals surface area contributed by atoms with Crippen LogP contribution in [0.4, 0.5) is 0 Å². The van der Waals surface area contributed by atoms with Gasteiger partial charge in [-0.25, -0.2) is 0 Å². The van der Waals surface area contributed by atoms with E-state index in [9.17, 15) is 0 Å². The minimum absolute atomic E-state index is 0.797. The lowest BCUT2D eigenvalue weighted by Crippen LogP contribution is -2.42. The van der Waals surface area contributed by atoms with E-state index in [0.717, 1.165) is 12.6 Å². The summed E-state index contributed by atoms with van der Waals surface area (Å²) in [5.41, 5.74) is 5.72. The molecular weight excluding hydrogens is 234 g/mol. The largest absolute Gasteiger partial charge is 0.330 e. The second kappa shape index (κ2) is 8.93. The van der Waals surface area contributed by atoms with Gasteiger partial charge in [-0.3, -0.25) is 0 Å². The number of hydrogen-bond donors (Lipinski definition) is 1. The maximum absolute atomic E-state index is 5.72. The Labute approximate surface area is 119 Å². The van der Waals surface area contributed by atoms with Gasteiger partial charge in [0, 0.05) is 6.04 Å². The molecule has 0 spiro atoms. The fourth-order valence-electron chi connectivity index (χ4n) is 3.66. The average molecular weight is 267 g/mol. The summed E-state index contributed by atoms with van der Waals surface area (Å²) in [5, 5.41) is 0. The molecule has 0 aromatic carbocycles. The minimum atomic E-state index is 0.797. The van der Waals surface area contributed by atoms with E-state index in [2.05, 4.69) is 9.80 Å². The zero-order valence-corrected chi connectivity index (χ0v) is 12.7. The number of nitrogens with zero attached hydrogens (tertiary/aromatic N) is 2. The van der Waals surface area contributed by atoms with E-state index in [-0.39, 0.29) is 0 Å². The summed E-state index contributed by atoms with van der Waals surface area (Å²) in [7, 11) is 0. The monoisotopic (exact) mass is 267 g/mol. The molecule has 1 atom stereocenters. The van der Waals surface area contributed by atoms with E-state index in [0.29, 0.717) is 0 Å². The number of rotatable bonds is 7. The standard InChI is InChI=1S/C16H33N3/c17-10-7-8-16(19-13-5-2-6-14-19)9-15-18-11-3-1-4-12-18/h16H,1-15,17H2. The third kappa shape index (κ3) is 5.41. The molecule has 1 unspecified atom stereocenters. The van der Waals surface area contributed by atoms with Crippen molar-refractivity contribution < 1.29 is 0 Å². The molecule has 2 saturated heterocycles. The molecule has 19 heavy (non-hydrogen) atoms. The third-order valence-electron chi connectivity index (χ3n) is 4.88. The van der Waals surface area contributed by atoms with Gasteiger partial charge < -0.3 is 15.5 Å². The maximum Gasteiger partial charge on any atom is 0.0108 e. The molecular formula is C16H33N3. The Bertz CT molecular complexity index is 220. The van der Waals surface area contributed by atoms with Gasteiger partial charge in [0.25, 0.3) is 0 Å². The molecule has 0 saturated carbocycles. The Balaban J connectivity index is 1.74. The number of nitrogens with two attached hydrogens (primary N) is 1. The molecule has 2 N–H and O–H groups in total. The maximum atomic E-state index is 5.72. The van der Waals surface area contributed by atoms with Crippen LogP contribution in [0.5, 0.6) is 0 Å². The van der Waals surface area contributed by atoms with Crippen molar-refractivity contribution >= 4 is 0 Å². The van der Waals surface area contributed by atoms with Gasteiger partial charge in [-0.2, -0.15) is 0 Å². The van der Waals surface area contributed by atoms with Gasteiger partial charge in [0.05, 0.1) is 0 Å². The van der Waals surface area contributed by atoms with E-state index in [1.165, 1.54) is 90.5 Å². The molecule has 2 fully saturated rings. The Morgan fingerprint density at radius 1 is 0.789 bits per heavy atom. The van der Waals surface area contributed by atoms with Crippen LogP contribution in [0, 0.1) is 0 Å². The Morgan fingerprint density at radius 2 is 1.42 bits per heavy atom. The van der Waals surface area contributed by atoms with Crippen molar-refractivity contribution in [3.05, 3.63) is 0 Å². The molecule has 3 nitrogen and oxygen atoms in total. The molecule has 2 heterocycles. The molecule has 2 aliphatic heterocycles. The van der Waals surface area contributed by atoms with Crippen molar-refractivity contribution in [2.75, 3.05) is 39.3 Å². The summed E-state index contributed by atoms with van der Waals surface area (Å²) in [6, 6.07) is 0.797. The zero-order valence-electron chi connectivity index (χ0n) is 12.7. The van der Waals surface area contributed by atoms with E-state index in [1.807, 2.05) is 0 Å². The fraction of sp³-hybridized carbons (Fsp3) is 1.00. The summed E-state index contributed by atoms with van der Waals surface area (Å²) in [6.45, 7) is 7.50. The lowest BCUT2D eigenvalue weighted by Gasteiger charge is -2.36. The first-order valence-corrected chi connectivity index (χ1v) is 8.56. The second-order valence-electron chi connectivity index (χ2n) is 6.37. The Morgan fingerprint density at radius 3 is 2.05 bits per heavy atom. The molecule has 3 heteroatoms. The van der Waals surface area contributed by atoms with Crippen LogP contribution >= 0.6 is 0 Å². The van der Waals surface area contributed by atoms with Crippen molar-refractivity contribution in [2.45, 2.75) is 63.8 Å². The van der Waals surface area contributed by atoms with Crippen molar-refractivity contribution in [3.63, 3.8) is 0 Å². The van der Waals surface area contributed by atoms with Gasteiger partial charge in [0.2, 0.25) is 0 Å². The SMILES string of the molecule is NCCCC(CCN1CCCCC1)N1CCCCC1. The quantitative estimate of drug-likeness (QED) is 0.769. The van der Waals surface area contributed by atoms with Crippen molar-refractivity contribution in [3.8, 4) is 0 Å². The summed E-state index contributed by atoms with van der Waals surface area (Å²) >= 11 is 0. The first-order valence-electron chi connectivity index (χ1n) is 8.56. The molecule has 0 bridgehead atoms. The van der Waals surface area contributed by atoms with Gasteiger partial charge in [0.1, 0.15) is 0 Å². The average Bonchev–Trinajstić information content (AvgIpc) is 2.49. The van der Waals surface area contributed by atoms with Crippen LogP contribution in [0.25, 0.3) is 0 Å². The summed E-state index contributed by atoms with van der Waals surface area (Å²) in [4.78, 5) is 5.44. The van der Waals surface area contributed by atoms with Gasteiger partial charge in [-0.1, -0.05) is 12.8 Å². The predicted molar refractivity (Wildman–Crippen MR) is 82.4 cm³/mol. The van der Waals surface area contributed by atoms with Crippen LogP contribution in [0.15, 0.2) is 0 Å². The zero-order chi connectivity index (χ0) is 13.3. The highest BCUT2D eigenvalue weighted by molar-refractivity contribution is 4.77. The summed E-state index contributed by atoms with van der Waals surface area (Å²) < 4.78 is 0. The topological polar surface area (TPSA) is 32.5 Å². The van der Waals surface area contributed by atoms with Crippen LogP contribution in [0.2, 0.25) is 0 Å². The molecule has 0 aliphatic carbocycles. The van der Waals surface area contributed by atoms with Crippen molar-refractivity contribution in [1.29, 1.82) is 0 Å². The van der Waals surface area contributed by atoms with E-state index in [4.69, 9.17) is 5.73 Å². The van der Waals surface area contributed by atoms with Crippen molar-refractivity contribution in [2.24, 2.45) is 5.73 Å². The van der Waals surface area contributed by atoms with Crippen LogP contribution in [-0.4, -0.2) is 55.1 Å². The summed E-state index contributed by atoms with van der Waals surface area (Å²) in [6.07, 6.45) is 12.4. The molecule has 112 valence electrons. The van der Waals surface area contributed by atoms with Gasteiger partial charge >= 0.3 is 0 Å². The third-order valence-corrected chi connectivity index (χ3v) is 4.88. The molecule has 0 aromatic rings. The highest BCUT2D eigenvalue weighted by Crippen LogP contribution is 2.19. The Hall–Kier alpha value is -0.120. The molecule has 0 radical (unpaired) electrons. The molecule has 0 amide bonds. The van der Waals surface area contributed by atoms with Crippen LogP contribution in [0.3, 0.4) is 0 Å². The molecule has 0 aromatic heterocycles. The predicted octanol–water partition coefficient (Wildman–Crippen LogP) is 2.46. The lowest BCUT2D eigenvalue weighted by atomic mass is 10.0. The molecule has 2 aliphatic rings. The van der Waals surface area contributed by atoms with E-state index in [1.54, 1.807) is 0 Å². The van der Waals surface area contributed by atoms with Crippen molar-refractivity contribution in [1.82, 2.24) is 9.80 Å². The van der Waals surface area contributed by atoms with Crippen LogP contribution < -0.4 is 5.73 Å². The van der Waals surface area contributed by atoms with E-state index >= 15 is 0 Å². The summed E-state index contributed by atoms with van der Waals surface area (Å²) in [5.74, 6) is 0. The molecule has 2 rings (SSSR count). The van der Waals surface area contributed by atoms with Gasteiger partial charge in [-0.05, 0) is 84.2 Å². The van der Waals surface area contributed by atoms with Gasteiger partial charge in [0.15, 0.2) is 0 Å². The Kier molecular flexibility index (Phi) is 7.18.